The molecule has 2 rings (SSSR count). The van der Waals surface area contributed by atoms with Crippen molar-refractivity contribution in [3.05, 3.63) is 29.8 Å². The zero-order valence-corrected chi connectivity index (χ0v) is 7.56. The van der Waals surface area contributed by atoms with Crippen molar-refractivity contribution in [2.24, 2.45) is 0 Å². The number of fused-ring (bicyclic) bond motifs is 1. The Morgan fingerprint density at radius 1 is 1.50 bits per heavy atom. The van der Waals surface area contributed by atoms with E-state index in [1.54, 1.807) is 0 Å². The molecule has 74 valence electrons. The van der Waals surface area contributed by atoms with E-state index >= 15 is 0 Å². The van der Waals surface area contributed by atoms with Crippen LogP contribution in [0.25, 0.3) is 0 Å². The Kier molecular flexibility index (Phi) is 2.26. The van der Waals surface area contributed by atoms with E-state index in [0.29, 0.717) is 13.0 Å². The molecule has 1 aliphatic heterocycles. The summed E-state index contributed by atoms with van der Waals surface area (Å²) in [5.74, 6) is 0. The van der Waals surface area contributed by atoms with Crippen LogP contribution in [0.4, 0.5) is 10.5 Å². The van der Waals surface area contributed by atoms with Gasteiger partial charge >= 0.3 is 6.16 Å². The normalized spacial score (nSPS) is 19.3. The quantitative estimate of drug-likeness (QED) is 0.667. The predicted octanol–water partition coefficient (Wildman–Crippen LogP) is 1.72. The fraction of sp³-hybridized carbons (Fsp3) is 0.300. The number of nitrogens with one attached hydrogen (secondary N) is 1. The first kappa shape index (κ1) is 8.87. The van der Waals surface area contributed by atoms with Gasteiger partial charge in [-0.15, -0.1) is 0 Å². The van der Waals surface area contributed by atoms with Gasteiger partial charge in [-0.1, -0.05) is 18.2 Å². The van der Waals surface area contributed by atoms with Gasteiger partial charge < -0.3 is 15.2 Å². The monoisotopic (exact) mass is 193 g/mol. The highest BCUT2D eigenvalue weighted by atomic mass is 16.7. The van der Waals surface area contributed by atoms with Crippen LogP contribution in [0.1, 0.15) is 5.56 Å². The maximum Gasteiger partial charge on any atom is 0.506 e. The molecule has 1 aromatic carbocycles. The third kappa shape index (κ3) is 1.79. The van der Waals surface area contributed by atoms with E-state index in [1.807, 2.05) is 24.3 Å². The van der Waals surface area contributed by atoms with E-state index < -0.39 is 6.16 Å². The second-order valence-electron chi connectivity index (χ2n) is 3.25. The van der Waals surface area contributed by atoms with E-state index in [4.69, 9.17) is 9.84 Å². The summed E-state index contributed by atoms with van der Waals surface area (Å²) in [5, 5.41) is 11.6. The number of para-hydroxylation sites is 1. The molecular weight excluding hydrogens is 182 g/mol. The zero-order chi connectivity index (χ0) is 9.97. The van der Waals surface area contributed by atoms with Crippen molar-refractivity contribution in [1.82, 2.24) is 0 Å². The first-order valence-corrected chi connectivity index (χ1v) is 4.47. The smallest absolute Gasteiger partial charge is 0.450 e. The van der Waals surface area contributed by atoms with Crippen LogP contribution < -0.4 is 5.32 Å². The number of hydrogen-bond acceptors (Lipinski definition) is 3. The van der Waals surface area contributed by atoms with E-state index in [-0.39, 0.29) is 6.10 Å². The Labute approximate surface area is 81.5 Å². The van der Waals surface area contributed by atoms with Crippen molar-refractivity contribution in [2.45, 2.75) is 12.5 Å². The van der Waals surface area contributed by atoms with Crippen molar-refractivity contribution in [3.63, 3.8) is 0 Å². The maximum atomic E-state index is 10.3. The third-order valence-electron chi connectivity index (χ3n) is 2.25. The Bertz CT molecular complexity index is 351. The lowest BCUT2D eigenvalue weighted by molar-refractivity contribution is 0.0558. The number of benzene rings is 1. The van der Waals surface area contributed by atoms with Crippen LogP contribution in [-0.4, -0.2) is 23.9 Å². The third-order valence-corrected chi connectivity index (χ3v) is 2.25. The molecule has 0 radical (unpaired) electrons. The van der Waals surface area contributed by atoms with Crippen molar-refractivity contribution in [3.8, 4) is 0 Å². The average molecular weight is 193 g/mol. The SMILES string of the molecule is O=C(O)OC1CNc2ccccc2C1. The number of carboxylic acid groups (broad SMARTS) is 1. The van der Waals surface area contributed by atoms with Crippen LogP contribution in [0, 0.1) is 0 Å². The first-order valence-electron chi connectivity index (χ1n) is 4.47. The topological polar surface area (TPSA) is 58.6 Å². The van der Waals surface area contributed by atoms with Gasteiger partial charge in [-0.25, -0.2) is 4.79 Å². The fourth-order valence-corrected chi connectivity index (χ4v) is 1.64. The highest BCUT2D eigenvalue weighted by molar-refractivity contribution is 5.58. The summed E-state index contributed by atoms with van der Waals surface area (Å²) >= 11 is 0. The van der Waals surface area contributed by atoms with Crippen LogP contribution >= 0.6 is 0 Å². The minimum atomic E-state index is -1.21. The van der Waals surface area contributed by atoms with Gasteiger partial charge in [0.2, 0.25) is 0 Å². The highest BCUT2D eigenvalue weighted by Gasteiger charge is 2.20. The number of anilines is 1. The Morgan fingerprint density at radius 3 is 3.07 bits per heavy atom. The second-order valence-corrected chi connectivity index (χ2v) is 3.25. The minimum absolute atomic E-state index is 0.276. The van der Waals surface area contributed by atoms with Gasteiger partial charge in [0.05, 0.1) is 6.54 Å². The summed E-state index contributed by atoms with van der Waals surface area (Å²) in [4.78, 5) is 10.3. The average Bonchev–Trinajstić information content (AvgIpc) is 2.17. The van der Waals surface area contributed by atoms with Gasteiger partial charge in [0.15, 0.2) is 0 Å². The molecule has 4 nitrogen and oxygen atoms in total. The van der Waals surface area contributed by atoms with Gasteiger partial charge in [0.1, 0.15) is 6.10 Å². The van der Waals surface area contributed by atoms with E-state index in [0.717, 1.165) is 11.3 Å². The van der Waals surface area contributed by atoms with E-state index in [9.17, 15) is 4.79 Å². The van der Waals surface area contributed by atoms with Crippen LogP contribution in [0.15, 0.2) is 24.3 Å². The zero-order valence-electron chi connectivity index (χ0n) is 7.56. The molecule has 0 spiro atoms. The molecule has 0 bridgehead atoms. The Hall–Kier alpha value is -1.71. The molecule has 0 amide bonds. The van der Waals surface area contributed by atoms with Crippen LogP contribution in [0.5, 0.6) is 0 Å². The first-order chi connectivity index (χ1) is 6.75. The number of ether oxygens (including phenoxy) is 1. The number of carbonyl (C=O) groups is 1. The van der Waals surface area contributed by atoms with Crippen molar-refractivity contribution >= 4 is 11.8 Å². The molecule has 0 aromatic heterocycles. The standard InChI is InChI=1S/C10H11NO3/c12-10(13)14-8-5-7-3-1-2-4-9(7)11-6-8/h1-4,8,11H,5-6H2,(H,12,13). The van der Waals surface area contributed by atoms with Gasteiger partial charge in [0, 0.05) is 12.1 Å². The minimum Gasteiger partial charge on any atom is -0.450 e. The number of rotatable bonds is 1. The molecule has 1 atom stereocenters. The fourth-order valence-electron chi connectivity index (χ4n) is 1.64. The summed E-state index contributed by atoms with van der Waals surface area (Å²) in [6.07, 6.45) is -0.839. The lowest BCUT2D eigenvalue weighted by Crippen LogP contribution is -2.31. The highest BCUT2D eigenvalue weighted by Crippen LogP contribution is 2.22. The lowest BCUT2D eigenvalue weighted by Gasteiger charge is -2.24. The van der Waals surface area contributed by atoms with E-state index in [2.05, 4.69) is 5.32 Å². The molecule has 4 heteroatoms. The summed E-state index contributed by atoms with van der Waals surface area (Å²) in [7, 11) is 0. The lowest BCUT2D eigenvalue weighted by atomic mass is 10.0. The maximum absolute atomic E-state index is 10.3. The van der Waals surface area contributed by atoms with Crippen molar-refractivity contribution < 1.29 is 14.6 Å². The molecule has 1 heterocycles. The molecule has 1 unspecified atom stereocenters. The van der Waals surface area contributed by atoms with E-state index in [1.165, 1.54) is 0 Å². The second kappa shape index (κ2) is 3.57. The molecule has 14 heavy (non-hydrogen) atoms. The Morgan fingerprint density at radius 2 is 2.29 bits per heavy atom. The molecule has 0 saturated heterocycles. The summed E-state index contributed by atoms with van der Waals surface area (Å²) in [5.41, 5.74) is 2.17. The molecule has 0 saturated carbocycles. The van der Waals surface area contributed by atoms with Gasteiger partial charge in [-0.05, 0) is 11.6 Å². The number of hydrogen-bond donors (Lipinski definition) is 2. The molecular formula is C10H11NO3. The van der Waals surface area contributed by atoms with Gasteiger partial charge in [0.25, 0.3) is 0 Å². The van der Waals surface area contributed by atoms with Gasteiger partial charge in [-0.2, -0.15) is 0 Å². The predicted molar refractivity (Wildman–Crippen MR) is 51.5 cm³/mol. The van der Waals surface area contributed by atoms with Crippen molar-refractivity contribution in [1.29, 1.82) is 0 Å². The van der Waals surface area contributed by atoms with Crippen LogP contribution in [-0.2, 0) is 11.2 Å². The summed E-state index contributed by atoms with van der Waals surface area (Å²) in [6, 6.07) is 7.83. The van der Waals surface area contributed by atoms with Crippen LogP contribution in [0.3, 0.4) is 0 Å². The van der Waals surface area contributed by atoms with Crippen molar-refractivity contribution in [2.75, 3.05) is 11.9 Å². The molecule has 1 aromatic rings. The Balaban J connectivity index is 2.09. The van der Waals surface area contributed by atoms with Gasteiger partial charge in [-0.3, -0.25) is 0 Å². The molecule has 0 fully saturated rings. The largest absolute Gasteiger partial charge is 0.506 e. The molecule has 2 N–H and O–H groups in total. The molecule has 1 aliphatic rings. The van der Waals surface area contributed by atoms with Crippen LogP contribution in [0.2, 0.25) is 0 Å². The summed E-state index contributed by atoms with van der Waals surface area (Å²) < 4.78 is 4.70. The summed E-state index contributed by atoms with van der Waals surface area (Å²) in [6.45, 7) is 0.545. The molecule has 0 aliphatic carbocycles.